The largest absolute Gasteiger partial charge is 0.465 e. The average molecular weight is 294 g/mol. The van der Waals surface area contributed by atoms with E-state index in [-0.39, 0.29) is 12.7 Å². The average Bonchev–Trinajstić information content (AvgIpc) is 2.25. The van der Waals surface area contributed by atoms with Crippen LogP contribution in [0, 0.1) is 0 Å². The van der Waals surface area contributed by atoms with E-state index in [9.17, 15) is 14.2 Å². The van der Waals surface area contributed by atoms with E-state index in [2.05, 4.69) is 11.3 Å². The summed E-state index contributed by atoms with van der Waals surface area (Å²) in [6.07, 6.45) is 1.73. The summed E-state index contributed by atoms with van der Waals surface area (Å²) >= 11 is 0. The Balaban J connectivity index is 3.60. The van der Waals surface area contributed by atoms with Crippen LogP contribution in [0.2, 0.25) is 0 Å². The lowest BCUT2D eigenvalue weighted by Gasteiger charge is -2.11. The van der Waals surface area contributed by atoms with Gasteiger partial charge >= 0.3 is 19.5 Å². The summed E-state index contributed by atoms with van der Waals surface area (Å²) < 4.78 is 20.1. The highest BCUT2D eigenvalue weighted by atomic mass is 31.2. The third kappa shape index (κ3) is 11.6. The molecule has 0 aromatic carbocycles. The van der Waals surface area contributed by atoms with Crippen LogP contribution in [0.1, 0.15) is 26.2 Å². The van der Waals surface area contributed by atoms with Crippen LogP contribution in [0.4, 0.5) is 0 Å². The third-order valence-corrected chi connectivity index (χ3v) is 2.76. The smallest absolute Gasteiger partial charge is 0.336 e. The van der Waals surface area contributed by atoms with Crippen molar-refractivity contribution in [1.82, 2.24) is 0 Å². The molecule has 0 fully saturated rings. The van der Waals surface area contributed by atoms with E-state index in [1.165, 1.54) is 0 Å². The molecule has 0 aliphatic heterocycles. The maximum Gasteiger partial charge on any atom is 0.336 e. The molecule has 2 N–H and O–H groups in total. The molecule has 0 radical (unpaired) electrons. The molecule has 0 saturated carbocycles. The summed E-state index contributed by atoms with van der Waals surface area (Å²) in [5, 5.41) is 0. The Bertz CT molecular complexity index is 360. The number of esters is 2. The second kappa shape index (κ2) is 8.85. The molecule has 0 heterocycles. The van der Waals surface area contributed by atoms with Gasteiger partial charge in [0.25, 0.3) is 0 Å². The molecule has 0 spiro atoms. The SMILES string of the molecule is C=CC(=O)OC(C)CCCCOC(=O)CP(=O)(O)O. The number of carbonyl (C=O) groups is 2. The van der Waals surface area contributed by atoms with Crippen molar-refractivity contribution in [3.63, 3.8) is 0 Å². The highest BCUT2D eigenvalue weighted by Crippen LogP contribution is 2.33. The number of rotatable bonds is 9. The van der Waals surface area contributed by atoms with Crippen molar-refractivity contribution in [3.05, 3.63) is 12.7 Å². The molecule has 0 amide bonds. The van der Waals surface area contributed by atoms with Crippen molar-refractivity contribution in [3.8, 4) is 0 Å². The quantitative estimate of drug-likeness (QED) is 0.282. The summed E-state index contributed by atoms with van der Waals surface area (Å²) in [6.45, 7) is 5.10. The third-order valence-electron chi connectivity index (χ3n) is 2.09. The second-order valence-corrected chi connectivity index (χ2v) is 5.64. The molecule has 0 saturated heterocycles. The van der Waals surface area contributed by atoms with Gasteiger partial charge in [0.15, 0.2) is 0 Å². The Labute approximate surface area is 111 Å². The minimum Gasteiger partial charge on any atom is -0.465 e. The van der Waals surface area contributed by atoms with Gasteiger partial charge in [-0.15, -0.1) is 0 Å². The monoisotopic (exact) mass is 294 g/mol. The molecule has 0 aliphatic carbocycles. The first-order chi connectivity index (χ1) is 8.74. The molecular formula is C11H19O7P. The van der Waals surface area contributed by atoms with Gasteiger partial charge in [0.05, 0.1) is 12.7 Å². The molecule has 110 valence electrons. The fraction of sp³-hybridized carbons (Fsp3) is 0.636. The van der Waals surface area contributed by atoms with E-state index in [0.29, 0.717) is 19.3 Å². The Morgan fingerprint density at radius 1 is 1.37 bits per heavy atom. The molecule has 19 heavy (non-hydrogen) atoms. The van der Waals surface area contributed by atoms with E-state index in [0.717, 1.165) is 6.08 Å². The van der Waals surface area contributed by atoms with Crippen LogP contribution >= 0.6 is 7.60 Å². The summed E-state index contributed by atoms with van der Waals surface area (Å²) in [6, 6.07) is 0. The van der Waals surface area contributed by atoms with Gasteiger partial charge in [0.2, 0.25) is 0 Å². The Morgan fingerprint density at radius 3 is 2.53 bits per heavy atom. The van der Waals surface area contributed by atoms with Crippen molar-refractivity contribution in [2.75, 3.05) is 12.8 Å². The molecule has 0 bridgehead atoms. The van der Waals surface area contributed by atoms with Gasteiger partial charge in [-0.3, -0.25) is 9.36 Å². The van der Waals surface area contributed by atoms with Crippen LogP contribution < -0.4 is 0 Å². The van der Waals surface area contributed by atoms with Gasteiger partial charge in [-0.05, 0) is 26.2 Å². The number of unbranched alkanes of at least 4 members (excludes halogenated alkanes) is 1. The van der Waals surface area contributed by atoms with Gasteiger partial charge in [0.1, 0.15) is 6.16 Å². The number of hydrogen-bond donors (Lipinski definition) is 2. The summed E-state index contributed by atoms with van der Waals surface area (Å²) in [5.74, 6) is -1.40. The summed E-state index contributed by atoms with van der Waals surface area (Å²) in [7, 11) is -4.35. The Morgan fingerprint density at radius 2 is 2.00 bits per heavy atom. The molecule has 1 unspecified atom stereocenters. The highest BCUT2D eigenvalue weighted by molar-refractivity contribution is 7.52. The molecule has 0 aliphatic rings. The lowest BCUT2D eigenvalue weighted by Crippen LogP contribution is -2.14. The molecule has 0 rings (SSSR count). The second-order valence-electron chi connectivity index (χ2n) is 3.99. The lowest BCUT2D eigenvalue weighted by atomic mass is 10.2. The molecule has 1 atom stereocenters. The van der Waals surface area contributed by atoms with E-state index in [1.807, 2.05) is 0 Å². The first-order valence-corrected chi connectivity index (χ1v) is 7.57. The van der Waals surface area contributed by atoms with Crippen molar-refractivity contribution < 1.29 is 33.4 Å². The van der Waals surface area contributed by atoms with Crippen LogP contribution in [0.25, 0.3) is 0 Å². The van der Waals surface area contributed by atoms with Crippen molar-refractivity contribution in [2.45, 2.75) is 32.3 Å². The van der Waals surface area contributed by atoms with E-state index in [4.69, 9.17) is 14.5 Å². The Kier molecular flexibility index (Phi) is 8.30. The van der Waals surface area contributed by atoms with Crippen LogP contribution in [0.15, 0.2) is 12.7 Å². The van der Waals surface area contributed by atoms with Crippen LogP contribution in [-0.4, -0.2) is 40.6 Å². The molecule has 7 nitrogen and oxygen atoms in total. The first-order valence-electron chi connectivity index (χ1n) is 5.78. The first kappa shape index (κ1) is 17.8. The minimum absolute atomic E-state index is 0.0843. The molecule has 8 heteroatoms. The standard InChI is InChI=1S/C11H19O7P/c1-3-10(12)18-9(2)6-4-5-7-17-11(13)8-19(14,15)16/h3,9H,1,4-8H2,2H3,(H2,14,15,16). The van der Waals surface area contributed by atoms with Gasteiger partial charge in [0, 0.05) is 6.08 Å². The van der Waals surface area contributed by atoms with E-state index < -0.39 is 25.7 Å². The van der Waals surface area contributed by atoms with Crippen LogP contribution in [-0.2, 0) is 23.6 Å². The zero-order chi connectivity index (χ0) is 14.9. The minimum atomic E-state index is -4.35. The normalized spacial score (nSPS) is 12.6. The van der Waals surface area contributed by atoms with Gasteiger partial charge in [-0.2, -0.15) is 0 Å². The zero-order valence-electron chi connectivity index (χ0n) is 10.8. The fourth-order valence-electron chi connectivity index (χ4n) is 1.24. The van der Waals surface area contributed by atoms with Gasteiger partial charge in [-0.1, -0.05) is 6.58 Å². The topological polar surface area (TPSA) is 110 Å². The highest BCUT2D eigenvalue weighted by Gasteiger charge is 2.19. The van der Waals surface area contributed by atoms with Crippen molar-refractivity contribution in [2.24, 2.45) is 0 Å². The Hall–Kier alpha value is -1.17. The predicted octanol–water partition coefficient (Wildman–Crippen LogP) is 0.995. The van der Waals surface area contributed by atoms with Crippen LogP contribution in [0.5, 0.6) is 0 Å². The number of ether oxygens (including phenoxy) is 2. The molecule has 0 aromatic rings. The van der Waals surface area contributed by atoms with Crippen LogP contribution in [0.3, 0.4) is 0 Å². The maximum atomic E-state index is 10.9. The lowest BCUT2D eigenvalue weighted by molar-refractivity contribution is -0.142. The van der Waals surface area contributed by atoms with Gasteiger partial charge < -0.3 is 19.3 Å². The van der Waals surface area contributed by atoms with E-state index in [1.54, 1.807) is 6.92 Å². The fourth-order valence-corrected chi connectivity index (χ4v) is 1.67. The molecular weight excluding hydrogens is 275 g/mol. The molecule has 0 aromatic heterocycles. The summed E-state index contributed by atoms with van der Waals surface area (Å²) in [4.78, 5) is 38.8. The van der Waals surface area contributed by atoms with Gasteiger partial charge in [-0.25, -0.2) is 4.79 Å². The number of hydrogen-bond acceptors (Lipinski definition) is 5. The summed E-state index contributed by atoms with van der Waals surface area (Å²) in [5.41, 5.74) is 0. The van der Waals surface area contributed by atoms with Crippen molar-refractivity contribution in [1.29, 1.82) is 0 Å². The predicted molar refractivity (Wildman–Crippen MR) is 67.5 cm³/mol. The van der Waals surface area contributed by atoms with E-state index >= 15 is 0 Å². The van der Waals surface area contributed by atoms with Crippen molar-refractivity contribution >= 4 is 19.5 Å². The zero-order valence-corrected chi connectivity index (χ0v) is 11.7. The number of carbonyl (C=O) groups excluding carboxylic acids is 2. The maximum absolute atomic E-state index is 10.9.